The van der Waals surface area contributed by atoms with Crippen LogP contribution in [0.15, 0.2) is 24.3 Å². The summed E-state index contributed by atoms with van der Waals surface area (Å²) >= 11 is 0. The van der Waals surface area contributed by atoms with Gasteiger partial charge in [-0.25, -0.2) is 0 Å². The van der Waals surface area contributed by atoms with Gasteiger partial charge < -0.3 is 10.1 Å². The first-order valence-electron chi connectivity index (χ1n) is 8.75. The molecular weight excluding hydrogens is 258 g/mol. The van der Waals surface area contributed by atoms with Crippen molar-refractivity contribution in [3.05, 3.63) is 29.8 Å². The van der Waals surface area contributed by atoms with Crippen LogP contribution in [0.1, 0.15) is 64.4 Å². The highest BCUT2D eigenvalue weighted by atomic mass is 16.5. The highest BCUT2D eigenvalue weighted by molar-refractivity contribution is 5.38. The van der Waals surface area contributed by atoms with Gasteiger partial charge in [0, 0.05) is 12.0 Å². The van der Waals surface area contributed by atoms with Crippen molar-refractivity contribution < 1.29 is 4.74 Å². The van der Waals surface area contributed by atoms with Crippen LogP contribution >= 0.6 is 0 Å². The van der Waals surface area contributed by atoms with Crippen LogP contribution in [0.5, 0.6) is 5.75 Å². The molecule has 0 aromatic heterocycles. The maximum Gasteiger partial charge on any atom is 0.122 e. The predicted octanol–water partition coefficient (Wildman–Crippen LogP) is 4.75. The number of rotatable bonds is 8. The average molecular weight is 289 g/mol. The van der Waals surface area contributed by atoms with Crippen molar-refractivity contribution in [2.45, 2.75) is 64.8 Å². The number of ether oxygens (including phenoxy) is 1. The minimum Gasteiger partial charge on any atom is -0.493 e. The van der Waals surface area contributed by atoms with E-state index in [9.17, 15) is 0 Å². The maximum atomic E-state index is 5.84. The van der Waals surface area contributed by atoms with Gasteiger partial charge in [0.15, 0.2) is 0 Å². The van der Waals surface area contributed by atoms with E-state index in [-0.39, 0.29) is 0 Å². The van der Waals surface area contributed by atoms with Gasteiger partial charge in [-0.15, -0.1) is 0 Å². The molecule has 2 rings (SSSR count). The Balaban J connectivity index is 2.16. The van der Waals surface area contributed by atoms with E-state index in [1.807, 2.05) is 0 Å². The first-order valence-corrected chi connectivity index (χ1v) is 8.75. The van der Waals surface area contributed by atoms with Gasteiger partial charge in [0.05, 0.1) is 6.61 Å². The van der Waals surface area contributed by atoms with Crippen molar-refractivity contribution >= 4 is 0 Å². The normalized spacial score (nSPS) is 19.1. The molecule has 21 heavy (non-hydrogen) atoms. The molecule has 0 aliphatic carbocycles. The Morgan fingerprint density at radius 1 is 1.19 bits per heavy atom. The topological polar surface area (TPSA) is 21.3 Å². The fourth-order valence-electron chi connectivity index (χ4n) is 3.49. The number of hydrogen-bond donors (Lipinski definition) is 1. The molecule has 0 fully saturated rings. The molecule has 2 atom stereocenters. The molecule has 1 heterocycles. The molecule has 0 amide bonds. The molecule has 2 nitrogen and oxygen atoms in total. The fraction of sp³-hybridized carbons (Fsp3) is 0.684. The Morgan fingerprint density at radius 2 is 1.95 bits per heavy atom. The molecule has 0 saturated carbocycles. The zero-order valence-corrected chi connectivity index (χ0v) is 13.9. The number of hydrogen-bond acceptors (Lipinski definition) is 2. The van der Waals surface area contributed by atoms with Gasteiger partial charge in [-0.2, -0.15) is 0 Å². The Morgan fingerprint density at radius 3 is 2.67 bits per heavy atom. The molecule has 1 aromatic carbocycles. The first-order chi connectivity index (χ1) is 10.3. The molecule has 0 bridgehead atoms. The number of fused-ring (bicyclic) bond motifs is 1. The lowest BCUT2D eigenvalue weighted by Gasteiger charge is -2.34. The predicted molar refractivity (Wildman–Crippen MR) is 90.1 cm³/mol. The van der Waals surface area contributed by atoms with Crippen LogP contribution < -0.4 is 10.1 Å². The lowest BCUT2D eigenvalue weighted by atomic mass is 9.81. The Labute approximate surface area is 130 Å². The van der Waals surface area contributed by atoms with Crippen molar-refractivity contribution in [1.29, 1.82) is 0 Å². The quantitative estimate of drug-likeness (QED) is 0.746. The summed E-state index contributed by atoms with van der Waals surface area (Å²) in [5, 5.41) is 3.82. The highest BCUT2D eigenvalue weighted by Crippen LogP contribution is 2.37. The molecule has 2 unspecified atom stereocenters. The van der Waals surface area contributed by atoms with Crippen LogP contribution in [0.2, 0.25) is 0 Å². The Kier molecular flexibility index (Phi) is 6.56. The number of benzene rings is 1. The van der Waals surface area contributed by atoms with E-state index in [0.29, 0.717) is 12.0 Å². The SMILES string of the molecule is CCCNC(CC(CC)CC)C1CCOc2ccccc21. The zero-order chi connectivity index (χ0) is 15.1. The third-order valence-electron chi connectivity index (χ3n) is 4.89. The molecule has 1 aromatic rings. The van der Waals surface area contributed by atoms with E-state index >= 15 is 0 Å². The van der Waals surface area contributed by atoms with Gasteiger partial charge >= 0.3 is 0 Å². The van der Waals surface area contributed by atoms with Crippen LogP contribution in [0, 0.1) is 5.92 Å². The van der Waals surface area contributed by atoms with Crippen molar-refractivity contribution in [3.8, 4) is 5.75 Å². The van der Waals surface area contributed by atoms with Crippen molar-refractivity contribution in [2.24, 2.45) is 5.92 Å². The minimum atomic E-state index is 0.583. The Hall–Kier alpha value is -1.02. The molecular formula is C19H31NO. The van der Waals surface area contributed by atoms with Gasteiger partial charge in [0.2, 0.25) is 0 Å². The van der Waals surface area contributed by atoms with Gasteiger partial charge in [0.1, 0.15) is 5.75 Å². The molecule has 0 saturated heterocycles. The minimum absolute atomic E-state index is 0.583. The second kappa shape index (κ2) is 8.43. The molecule has 2 heteroatoms. The maximum absolute atomic E-state index is 5.84. The smallest absolute Gasteiger partial charge is 0.122 e. The summed E-state index contributed by atoms with van der Waals surface area (Å²) < 4.78 is 5.84. The summed E-state index contributed by atoms with van der Waals surface area (Å²) in [4.78, 5) is 0. The molecule has 0 spiro atoms. The van der Waals surface area contributed by atoms with E-state index in [4.69, 9.17) is 4.74 Å². The molecule has 1 N–H and O–H groups in total. The van der Waals surface area contributed by atoms with Crippen molar-refractivity contribution in [3.63, 3.8) is 0 Å². The number of para-hydroxylation sites is 1. The first kappa shape index (κ1) is 16.4. The van der Waals surface area contributed by atoms with Crippen LogP contribution in [0.25, 0.3) is 0 Å². The molecule has 118 valence electrons. The fourth-order valence-corrected chi connectivity index (χ4v) is 3.49. The van der Waals surface area contributed by atoms with Crippen molar-refractivity contribution in [1.82, 2.24) is 5.32 Å². The molecule has 1 aliphatic rings. The van der Waals surface area contributed by atoms with E-state index in [2.05, 4.69) is 50.4 Å². The summed E-state index contributed by atoms with van der Waals surface area (Å²) in [6.07, 6.45) is 6.19. The van der Waals surface area contributed by atoms with Gasteiger partial charge in [-0.05, 0) is 43.4 Å². The van der Waals surface area contributed by atoms with Gasteiger partial charge in [0.25, 0.3) is 0 Å². The number of nitrogens with one attached hydrogen (secondary N) is 1. The monoisotopic (exact) mass is 289 g/mol. The zero-order valence-electron chi connectivity index (χ0n) is 13.9. The van der Waals surface area contributed by atoms with Crippen LogP contribution in [0.4, 0.5) is 0 Å². The lowest BCUT2D eigenvalue weighted by molar-refractivity contribution is 0.229. The Bertz CT molecular complexity index is 414. The summed E-state index contributed by atoms with van der Waals surface area (Å²) in [5.74, 6) is 2.53. The third-order valence-corrected chi connectivity index (χ3v) is 4.89. The standard InChI is InChI=1S/C19H31NO/c1-4-12-20-18(14-15(5-2)6-3)16-11-13-21-19-10-8-7-9-17(16)19/h7-10,15-16,18,20H,4-6,11-14H2,1-3H3. The summed E-state index contributed by atoms with van der Waals surface area (Å²) in [5.41, 5.74) is 1.41. The summed E-state index contributed by atoms with van der Waals surface area (Å²) in [6.45, 7) is 8.87. The van der Waals surface area contributed by atoms with Gasteiger partial charge in [-0.3, -0.25) is 0 Å². The highest BCUT2D eigenvalue weighted by Gasteiger charge is 2.29. The largest absolute Gasteiger partial charge is 0.493 e. The molecule has 0 radical (unpaired) electrons. The van der Waals surface area contributed by atoms with Crippen LogP contribution in [0.3, 0.4) is 0 Å². The van der Waals surface area contributed by atoms with Crippen LogP contribution in [-0.2, 0) is 0 Å². The van der Waals surface area contributed by atoms with Gasteiger partial charge in [-0.1, -0.05) is 51.8 Å². The van der Waals surface area contributed by atoms with E-state index in [0.717, 1.165) is 31.2 Å². The third kappa shape index (κ3) is 4.23. The van der Waals surface area contributed by atoms with E-state index < -0.39 is 0 Å². The van der Waals surface area contributed by atoms with Crippen LogP contribution in [-0.4, -0.2) is 19.2 Å². The molecule has 1 aliphatic heterocycles. The summed E-state index contributed by atoms with van der Waals surface area (Å²) in [7, 11) is 0. The van der Waals surface area contributed by atoms with E-state index in [1.54, 1.807) is 0 Å². The second-order valence-electron chi connectivity index (χ2n) is 6.26. The summed E-state index contributed by atoms with van der Waals surface area (Å²) in [6, 6.07) is 9.19. The lowest BCUT2D eigenvalue weighted by Crippen LogP contribution is -2.39. The second-order valence-corrected chi connectivity index (χ2v) is 6.26. The van der Waals surface area contributed by atoms with E-state index in [1.165, 1.54) is 31.2 Å². The average Bonchev–Trinajstić information content (AvgIpc) is 2.55. The van der Waals surface area contributed by atoms with Crippen molar-refractivity contribution in [2.75, 3.05) is 13.2 Å².